The predicted molar refractivity (Wildman–Crippen MR) is 62.9 cm³/mol. The molecule has 1 rings (SSSR count). The molecule has 92 valence electrons. The van der Waals surface area contributed by atoms with Gasteiger partial charge in [0.25, 0.3) is 0 Å². The fourth-order valence-electron chi connectivity index (χ4n) is 1.27. The number of esters is 1. The zero-order chi connectivity index (χ0) is 12.7. The molecule has 0 saturated heterocycles. The summed E-state index contributed by atoms with van der Waals surface area (Å²) in [6, 6.07) is 8.59. The summed E-state index contributed by atoms with van der Waals surface area (Å²) in [4.78, 5) is 22.4. The molecule has 0 bridgehead atoms. The van der Waals surface area contributed by atoms with Crippen LogP contribution in [0.25, 0.3) is 0 Å². The molecule has 0 radical (unpaired) electrons. The van der Waals surface area contributed by atoms with Gasteiger partial charge in [-0.05, 0) is 5.56 Å². The largest absolute Gasteiger partial charge is 0.469 e. The summed E-state index contributed by atoms with van der Waals surface area (Å²) in [6.07, 6.45) is -0.114. The van der Waals surface area contributed by atoms with Crippen molar-refractivity contribution in [3.8, 4) is 0 Å². The Balaban J connectivity index is 2.37. The predicted octanol–water partition coefficient (Wildman–Crippen LogP) is 0.193. The highest BCUT2D eigenvalue weighted by Crippen LogP contribution is 1.98. The molecular formula is C12H16N2O3. The summed E-state index contributed by atoms with van der Waals surface area (Å²) in [7, 11) is 1.26. The Morgan fingerprint density at radius 1 is 1.35 bits per heavy atom. The van der Waals surface area contributed by atoms with Crippen molar-refractivity contribution in [1.29, 1.82) is 0 Å². The highest BCUT2D eigenvalue weighted by atomic mass is 16.5. The van der Waals surface area contributed by atoms with Gasteiger partial charge >= 0.3 is 5.97 Å². The van der Waals surface area contributed by atoms with Gasteiger partial charge in [-0.3, -0.25) is 9.59 Å². The van der Waals surface area contributed by atoms with Crippen LogP contribution in [-0.2, 0) is 20.9 Å². The third-order valence-electron chi connectivity index (χ3n) is 2.26. The highest BCUT2D eigenvalue weighted by Gasteiger charge is 2.17. The third-order valence-corrected chi connectivity index (χ3v) is 2.26. The lowest BCUT2D eigenvalue weighted by Crippen LogP contribution is -2.41. The van der Waals surface area contributed by atoms with E-state index in [0.29, 0.717) is 6.54 Å². The summed E-state index contributed by atoms with van der Waals surface area (Å²) < 4.78 is 4.43. The Labute approximate surface area is 99.9 Å². The van der Waals surface area contributed by atoms with Gasteiger partial charge in [0, 0.05) is 6.54 Å². The summed E-state index contributed by atoms with van der Waals surface area (Å²) in [5.41, 5.74) is 6.52. The minimum atomic E-state index is -0.869. The molecule has 0 fully saturated rings. The van der Waals surface area contributed by atoms with Crippen LogP contribution in [0, 0.1) is 0 Å². The Bertz CT molecular complexity index is 379. The Hall–Kier alpha value is -1.88. The molecule has 0 spiro atoms. The molecule has 0 aliphatic carbocycles. The van der Waals surface area contributed by atoms with Crippen molar-refractivity contribution < 1.29 is 14.3 Å². The first kappa shape index (κ1) is 13.2. The maximum atomic E-state index is 11.5. The van der Waals surface area contributed by atoms with Crippen LogP contribution in [0.3, 0.4) is 0 Å². The van der Waals surface area contributed by atoms with Gasteiger partial charge in [-0.2, -0.15) is 0 Å². The van der Waals surface area contributed by atoms with Crippen molar-refractivity contribution in [2.45, 2.75) is 19.0 Å². The van der Waals surface area contributed by atoms with E-state index in [1.807, 2.05) is 30.3 Å². The van der Waals surface area contributed by atoms with Gasteiger partial charge in [-0.25, -0.2) is 0 Å². The quantitative estimate of drug-likeness (QED) is 0.715. The molecule has 17 heavy (non-hydrogen) atoms. The Morgan fingerprint density at radius 2 is 2.00 bits per heavy atom. The van der Waals surface area contributed by atoms with Gasteiger partial charge in [-0.15, -0.1) is 0 Å². The molecule has 0 saturated carbocycles. The van der Waals surface area contributed by atoms with Crippen LogP contribution in [0.5, 0.6) is 0 Å². The molecule has 1 amide bonds. The van der Waals surface area contributed by atoms with Crippen LogP contribution in [0.15, 0.2) is 30.3 Å². The molecule has 0 aromatic heterocycles. The Morgan fingerprint density at radius 3 is 2.59 bits per heavy atom. The van der Waals surface area contributed by atoms with Crippen molar-refractivity contribution in [3.63, 3.8) is 0 Å². The number of nitrogens with one attached hydrogen (secondary N) is 1. The van der Waals surface area contributed by atoms with Crippen LogP contribution in [-0.4, -0.2) is 25.0 Å². The number of rotatable bonds is 5. The molecule has 1 aromatic rings. The van der Waals surface area contributed by atoms with E-state index in [-0.39, 0.29) is 12.3 Å². The first-order valence-corrected chi connectivity index (χ1v) is 5.27. The first-order chi connectivity index (χ1) is 8.13. The smallest absolute Gasteiger partial charge is 0.307 e. The third kappa shape index (κ3) is 4.65. The molecule has 0 heterocycles. The Kier molecular flexibility index (Phi) is 5.16. The van der Waals surface area contributed by atoms with Crippen LogP contribution < -0.4 is 11.1 Å². The number of amides is 1. The number of hydrogen-bond donors (Lipinski definition) is 2. The van der Waals surface area contributed by atoms with E-state index in [4.69, 9.17) is 5.73 Å². The van der Waals surface area contributed by atoms with Gasteiger partial charge in [0.15, 0.2) is 0 Å². The van der Waals surface area contributed by atoms with Crippen molar-refractivity contribution >= 4 is 11.9 Å². The summed E-state index contributed by atoms with van der Waals surface area (Å²) in [5.74, 6) is -0.855. The van der Waals surface area contributed by atoms with E-state index < -0.39 is 12.0 Å². The van der Waals surface area contributed by atoms with E-state index in [0.717, 1.165) is 5.56 Å². The lowest BCUT2D eigenvalue weighted by molar-refractivity contribution is -0.142. The number of ether oxygens (including phenoxy) is 1. The van der Waals surface area contributed by atoms with Gasteiger partial charge in [0.2, 0.25) is 5.91 Å². The monoisotopic (exact) mass is 236 g/mol. The molecule has 0 aliphatic rings. The number of carbonyl (C=O) groups is 2. The minimum absolute atomic E-state index is 0.114. The molecule has 5 heteroatoms. The van der Waals surface area contributed by atoms with Crippen molar-refractivity contribution in [2.75, 3.05) is 7.11 Å². The van der Waals surface area contributed by atoms with E-state index in [9.17, 15) is 9.59 Å². The molecular weight excluding hydrogens is 220 g/mol. The average Bonchev–Trinajstić information content (AvgIpc) is 2.36. The molecule has 1 unspecified atom stereocenters. The van der Waals surface area contributed by atoms with E-state index in [1.165, 1.54) is 7.11 Å². The first-order valence-electron chi connectivity index (χ1n) is 5.27. The lowest BCUT2D eigenvalue weighted by Gasteiger charge is -2.10. The van der Waals surface area contributed by atoms with E-state index >= 15 is 0 Å². The number of carbonyl (C=O) groups excluding carboxylic acids is 2. The normalized spacial score (nSPS) is 11.6. The second-order valence-corrected chi connectivity index (χ2v) is 3.59. The fraction of sp³-hybridized carbons (Fsp3) is 0.333. The van der Waals surface area contributed by atoms with Crippen LogP contribution in [0.2, 0.25) is 0 Å². The number of benzene rings is 1. The second-order valence-electron chi connectivity index (χ2n) is 3.59. The summed E-state index contributed by atoms with van der Waals surface area (Å²) in [5, 5.41) is 2.66. The topological polar surface area (TPSA) is 81.4 Å². The van der Waals surface area contributed by atoms with E-state index in [1.54, 1.807) is 0 Å². The molecule has 3 N–H and O–H groups in total. The number of methoxy groups -OCH3 is 1. The average molecular weight is 236 g/mol. The van der Waals surface area contributed by atoms with E-state index in [2.05, 4.69) is 10.1 Å². The second kappa shape index (κ2) is 6.65. The van der Waals surface area contributed by atoms with Gasteiger partial charge in [-0.1, -0.05) is 30.3 Å². The maximum absolute atomic E-state index is 11.5. The molecule has 1 aromatic carbocycles. The fourth-order valence-corrected chi connectivity index (χ4v) is 1.27. The van der Waals surface area contributed by atoms with Gasteiger partial charge < -0.3 is 15.8 Å². The summed E-state index contributed by atoms with van der Waals surface area (Å²) >= 11 is 0. The molecule has 0 aliphatic heterocycles. The van der Waals surface area contributed by atoms with Crippen molar-refractivity contribution in [2.24, 2.45) is 5.73 Å². The van der Waals surface area contributed by atoms with Crippen molar-refractivity contribution in [3.05, 3.63) is 35.9 Å². The molecule has 1 atom stereocenters. The number of nitrogens with two attached hydrogens (primary N) is 1. The lowest BCUT2D eigenvalue weighted by atomic mass is 10.2. The zero-order valence-corrected chi connectivity index (χ0v) is 9.68. The molecule has 5 nitrogen and oxygen atoms in total. The van der Waals surface area contributed by atoms with Crippen LogP contribution in [0.1, 0.15) is 12.0 Å². The van der Waals surface area contributed by atoms with Gasteiger partial charge in [0.05, 0.1) is 19.6 Å². The standard InChI is InChI=1S/C12H16N2O3/c1-17-11(15)7-10(13)12(16)14-8-9-5-3-2-4-6-9/h2-6,10H,7-8,13H2,1H3,(H,14,16). The number of hydrogen-bond acceptors (Lipinski definition) is 4. The van der Waals surface area contributed by atoms with Crippen molar-refractivity contribution in [1.82, 2.24) is 5.32 Å². The maximum Gasteiger partial charge on any atom is 0.307 e. The van der Waals surface area contributed by atoms with Gasteiger partial charge in [0.1, 0.15) is 0 Å². The highest BCUT2D eigenvalue weighted by molar-refractivity contribution is 5.86. The summed E-state index contributed by atoms with van der Waals surface area (Å²) in [6.45, 7) is 0.397. The zero-order valence-electron chi connectivity index (χ0n) is 9.68. The SMILES string of the molecule is COC(=O)CC(N)C(=O)NCc1ccccc1. The van der Waals surface area contributed by atoms with Crippen LogP contribution >= 0.6 is 0 Å². The minimum Gasteiger partial charge on any atom is -0.469 e. The van der Waals surface area contributed by atoms with Crippen LogP contribution in [0.4, 0.5) is 0 Å².